The van der Waals surface area contributed by atoms with E-state index in [4.69, 9.17) is 0 Å². The van der Waals surface area contributed by atoms with Crippen LogP contribution in [0.3, 0.4) is 0 Å². The average molecular weight is 399 g/mol. The Morgan fingerprint density at radius 2 is 1.93 bits per heavy atom. The fourth-order valence-electron chi connectivity index (χ4n) is 5.29. The van der Waals surface area contributed by atoms with Crippen LogP contribution in [0.1, 0.15) is 44.9 Å². The summed E-state index contributed by atoms with van der Waals surface area (Å²) in [7, 11) is 0. The number of pyridine rings is 1. The summed E-state index contributed by atoms with van der Waals surface area (Å²) < 4.78 is 0. The summed E-state index contributed by atoms with van der Waals surface area (Å²) in [5.41, 5.74) is 6.51. The molecular formula is C25H26N4O. The Morgan fingerprint density at radius 3 is 2.70 bits per heavy atom. The van der Waals surface area contributed by atoms with Crippen LogP contribution in [-0.4, -0.2) is 17.3 Å². The first-order valence-corrected chi connectivity index (χ1v) is 10.6. The molecule has 1 aliphatic carbocycles. The van der Waals surface area contributed by atoms with Gasteiger partial charge in [0.25, 0.3) is 0 Å². The summed E-state index contributed by atoms with van der Waals surface area (Å²) in [5, 5.41) is 12.2. The van der Waals surface area contributed by atoms with Gasteiger partial charge in [-0.2, -0.15) is 5.11 Å². The van der Waals surface area contributed by atoms with Gasteiger partial charge in [-0.1, -0.05) is 39.0 Å². The van der Waals surface area contributed by atoms with Gasteiger partial charge in [0, 0.05) is 40.6 Å². The highest BCUT2D eigenvalue weighted by Crippen LogP contribution is 2.55. The molecule has 1 aromatic carbocycles. The van der Waals surface area contributed by atoms with Gasteiger partial charge >= 0.3 is 0 Å². The number of carbonyl (C=O) groups is 1. The third-order valence-electron chi connectivity index (χ3n) is 6.77. The number of ketones is 1. The van der Waals surface area contributed by atoms with Crippen molar-refractivity contribution in [2.75, 3.05) is 6.54 Å². The number of nitrogens with zero attached hydrogens (tertiary/aromatic N) is 3. The number of benzene rings is 1. The van der Waals surface area contributed by atoms with E-state index in [9.17, 15) is 4.79 Å². The Hall–Kier alpha value is -3.08. The molecule has 2 aromatic rings. The van der Waals surface area contributed by atoms with Crippen molar-refractivity contribution in [1.82, 2.24) is 10.3 Å². The van der Waals surface area contributed by atoms with Crippen molar-refractivity contribution < 1.29 is 4.79 Å². The summed E-state index contributed by atoms with van der Waals surface area (Å²) >= 11 is 0. The number of aromatic nitrogens is 1. The van der Waals surface area contributed by atoms with E-state index in [0.717, 1.165) is 51.5 Å². The zero-order valence-electron chi connectivity index (χ0n) is 17.9. The van der Waals surface area contributed by atoms with E-state index < -0.39 is 10.8 Å². The molecule has 1 N–H and O–H groups in total. The molecule has 5 heteroatoms. The van der Waals surface area contributed by atoms with Crippen LogP contribution in [0.5, 0.6) is 0 Å². The van der Waals surface area contributed by atoms with Crippen LogP contribution in [0, 0.1) is 12.3 Å². The second kappa shape index (κ2) is 6.46. The minimum absolute atomic E-state index is 0.232. The molecule has 0 saturated carbocycles. The zero-order valence-corrected chi connectivity index (χ0v) is 17.9. The minimum Gasteiger partial charge on any atom is -0.342 e. The Balaban J connectivity index is 1.73. The Kier molecular flexibility index (Phi) is 4.07. The predicted octanol–water partition coefficient (Wildman–Crippen LogP) is 5.24. The highest BCUT2D eigenvalue weighted by molar-refractivity contribution is 6.06. The standard InChI is InChI=1S/C25H26N4O/c1-5-25(18-8-6-7-16(12-18)17-9-10-26-15(2)11-17)19-14-27-29-23(19)28-20-13-24(3,4)22(30)21(20)25/h6-12,28H,5,13-14H2,1-4H3. The van der Waals surface area contributed by atoms with E-state index in [1.807, 2.05) is 33.0 Å². The zero-order chi connectivity index (χ0) is 21.1. The summed E-state index contributed by atoms with van der Waals surface area (Å²) in [6.45, 7) is 8.78. The lowest BCUT2D eigenvalue weighted by atomic mass is 9.63. The van der Waals surface area contributed by atoms with Crippen molar-refractivity contribution in [2.45, 2.75) is 46.0 Å². The number of azo groups is 1. The lowest BCUT2D eigenvalue weighted by Crippen LogP contribution is -2.41. The van der Waals surface area contributed by atoms with Crippen molar-refractivity contribution >= 4 is 5.78 Å². The fourth-order valence-corrected chi connectivity index (χ4v) is 5.29. The van der Waals surface area contributed by atoms with Crippen LogP contribution in [0.4, 0.5) is 0 Å². The number of rotatable bonds is 3. The van der Waals surface area contributed by atoms with Gasteiger partial charge in [0.15, 0.2) is 11.6 Å². The number of hydrogen-bond acceptors (Lipinski definition) is 5. The molecular weight excluding hydrogens is 372 g/mol. The van der Waals surface area contributed by atoms with Gasteiger partial charge in [0.1, 0.15) is 0 Å². The molecule has 5 nitrogen and oxygen atoms in total. The van der Waals surface area contributed by atoms with E-state index in [1.165, 1.54) is 0 Å². The second-order valence-electron chi connectivity index (χ2n) is 9.12. The topological polar surface area (TPSA) is 66.7 Å². The third-order valence-corrected chi connectivity index (χ3v) is 6.77. The Morgan fingerprint density at radius 1 is 1.13 bits per heavy atom. The van der Waals surface area contributed by atoms with Gasteiger partial charge in [-0.3, -0.25) is 9.78 Å². The highest BCUT2D eigenvalue weighted by Gasteiger charge is 2.54. The smallest absolute Gasteiger partial charge is 0.167 e. The maximum absolute atomic E-state index is 13.6. The van der Waals surface area contributed by atoms with Crippen molar-refractivity contribution in [3.63, 3.8) is 0 Å². The molecule has 1 atom stereocenters. The number of carbonyl (C=O) groups excluding carboxylic acids is 1. The maximum atomic E-state index is 13.6. The molecule has 5 rings (SSSR count). The third kappa shape index (κ3) is 2.54. The molecule has 0 fully saturated rings. The number of allylic oxidation sites excluding steroid dienone is 2. The maximum Gasteiger partial charge on any atom is 0.167 e. The molecule has 0 amide bonds. The molecule has 0 bridgehead atoms. The van der Waals surface area contributed by atoms with Gasteiger partial charge in [-0.25, -0.2) is 0 Å². The Labute approximate surface area is 177 Å². The SMILES string of the molecule is CCC1(c2cccc(-c3ccnc(C)c3)c2)C2=C(N=NC2)NC2=C1C(=O)C(C)(C)C2. The molecule has 3 heterocycles. The van der Waals surface area contributed by atoms with Gasteiger partial charge in [-0.05, 0) is 48.2 Å². The summed E-state index contributed by atoms with van der Waals surface area (Å²) in [6, 6.07) is 12.7. The van der Waals surface area contributed by atoms with Crippen molar-refractivity contribution in [1.29, 1.82) is 0 Å². The first-order chi connectivity index (χ1) is 14.4. The lowest BCUT2D eigenvalue weighted by molar-refractivity contribution is -0.122. The van der Waals surface area contributed by atoms with Gasteiger partial charge in [0.05, 0.1) is 12.0 Å². The number of nitrogens with one attached hydrogen (secondary N) is 1. The van der Waals surface area contributed by atoms with Crippen LogP contribution in [0.2, 0.25) is 0 Å². The minimum atomic E-state index is -0.498. The number of dihydropyridines is 1. The van der Waals surface area contributed by atoms with Gasteiger partial charge < -0.3 is 5.32 Å². The van der Waals surface area contributed by atoms with E-state index in [2.05, 4.69) is 57.8 Å². The largest absolute Gasteiger partial charge is 0.342 e. The van der Waals surface area contributed by atoms with Crippen LogP contribution in [0.25, 0.3) is 11.1 Å². The molecule has 1 aromatic heterocycles. The monoisotopic (exact) mass is 398 g/mol. The first kappa shape index (κ1) is 18.9. The van der Waals surface area contributed by atoms with E-state index in [1.54, 1.807) is 0 Å². The second-order valence-corrected chi connectivity index (χ2v) is 9.12. The molecule has 1 unspecified atom stereocenters. The van der Waals surface area contributed by atoms with Crippen LogP contribution in [0.15, 0.2) is 75.5 Å². The van der Waals surface area contributed by atoms with Gasteiger partial charge in [0.2, 0.25) is 0 Å². The van der Waals surface area contributed by atoms with Crippen molar-refractivity contribution in [2.24, 2.45) is 15.6 Å². The fraction of sp³-hybridized carbons (Fsp3) is 0.360. The van der Waals surface area contributed by atoms with E-state index >= 15 is 0 Å². The summed E-state index contributed by atoms with van der Waals surface area (Å²) in [4.78, 5) is 17.9. The van der Waals surface area contributed by atoms with Crippen molar-refractivity contribution in [3.8, 4) is 11.1 Å². The lowest BCUT2D eigenvalue weighted by Gasteiger charge is -2.40. The van der Waals surface area contributed by atoms with Crippen LogP contribution in [-0.2, 0) is 10.2 Å². The quantitative estimate of drug-likeness (QED) is 0.769. The predicted molar refractivity (Wildman–Crippen MR) is 117 cm³/mol. The first-order valence-electron chi connectivity index (χ1n) is 10.6. The Bertz CT molecular complexity index is 1170. The molecule has 0 radical (unpaired) electrons. The number of Topliss-reactive ketones (excluding diaryl/α,β-unsaturated/α-hetero) is 1. The summed E-state index contributed by atoms with van der Waals surface area (Å²) in [5.74, 6) is 1.06. The van der Waals surface area contributed by atoms with Crippen molar-refractivity contribution in [3.05, 3.63) is 76.5 Å². The molecule has 0 saturated heterocycles. The highest BCUT2D eigenvalue weighted by atomic mass is 16.1. The molecule has 152 valence electrons. The van der Waals surface area contributed by atoms with Gasteiger partial charge in [-0.15, -0.1) is 5.11 Å². The average Bonchev–Trinajstić information content (AvgIpc) is 3.29. The molecule has 2 aliphatic heterocycles. The molecule has 3 aliphatic rings. The molecule has 0 spiro atoms. The van der Waals surface area contributed by atoms with E-state index in [0.29, 0.717) is 13.0 Å². The normalized spacial score (nSPS) is 24.2. The van der Waals surface area contributed by atoms with Crippen LogP contribution >= 0.6 is 0 Å². The van der Waals surface area contributed by atoms with Crippen LogP contribution < -0.4 is 5.32 Å². The number of hydrogen-bond donors (Lipinski definition) is 1. The number of aryl methyl sites for hydroxylation is 1. The summed E-state index contributed by atoms with van der Waals surface area (Å²) in [6.07, 6.45) is 3.34. The van der Waals surface area contributed by atoms with E-state index in [-0.39, 0.29) is 5.78 Å². The molecule has 30 heavy (non-hydrogen) atoms.